The van der Waals surface area contributed by atoms with Crippen molar-refractivity contribution in [2.24, 2.45) is 5.92 Å². The van der Waals surface area contributed by atoms with E-state index in [1.807, 2.05) is 45.0 Å². The van der Waals surface area contributed by atoms with Crippen LogP contribution in [-0.2, 0) is 4.79 Å². The van der Waals surface area contributed by atoms with Gasteiger partial charge in [0.05, 0.1) is 0 Å². The standard InChI is InChI=1S/C18H25N5O/c1-12(2)16(18(24)19-15-6-4-5-7-15)23-21-17(20-22-23)14-10-8-13(3)9-11-14/h8-12,15-16H,4-7H2,1-3H3,(H,19,24)/t16-/m1/s1. The first-order valence-corrected chi connectivity index (χ1v) is 8.71. The van der Waals surface area contributed by atoms with Crippen LogP contribution in [-0.4, -0.2) is 32.2 Å². The third-order valence-electron chi connectivity index (χ3n) is 4.59. The Kier molecular flexibility index (Phi) is 4.92. The topological polar surface area (TPSA) is 72.7 Å². The Morgan fingerprint density at radius 1 is 1.21 bits per heavy atom. The fourth-order valence-electron chi connectivity index (χ4n) is 3.19. The van der Waals surface area contributed by atoms with E-state index in [-0.39, 0.29) is 11.8 Å². The molecule has 0 spiro atoms. The van der Waals surface area contributed by atoms with Crippen LogP contribution < -0.4 is 5.32 Å². The third kappa shape index (κ3) is 3.63. The Morgan fingerprint density at radius 2 is 1.88 bits per heavy atom. The minimum Gasteiger partial charge on any atom is -0.351 e. The molecule has 24 heavy (non-hydrogen) atoms. The molecule has 0 aliphatic heterocycles. The monoisotopic (exact) mass is 327 g/mol. The molecule has 6 heteroatoms. The maximum atomic E-state index is 12.7. The van der Waals surface area contributed by atoms with Crippen molar-refractivity contribution in [3.8, 4) is 11.4 Å². The number of hydrogen-bond donors (Lipinski definition) is 1. The summed E-state index contributed by atoms with van der Waals surface area (Å²) in [5, 5.41) is 15.9. The second-order valence-corrected chi connectivity index (χ2v) is 6.98. The van der Waals surface area contributed by atoms with Crippen LogP contribution in [0.4, 0.5) is 0 Å². The third-order valence-corrected chi connectivity index (χ3v) is 4.59. The van der Waals surface area contributed by atoms with E-state index in [2.05, 4.69) is 20.7 Å². The van der Waals surface area contributed by atoms with Gasteiger partial charge in [0, 0.05) is 11.6 Å². The van der Waals surface area contributed by atoms with Crippen molar-refractivity contribution >= 4 is 5.91 Å². The molecule has 1 aliphatic carbocycles. The molecular formula is C18H25N5O. The molecule has 0 saturated heterocycles. The van der Waals surface area contributed by atoms with E-state index < -0.39 is 6.04 Å². The minimum absolute atomic E-state index is 0.00949. The highest BCUT2D eigenvalue weighted by atomic mass is 16.2. The summed E-state index contributed by atoms with van der Waals surface area (Å²) in [6.07, 6.45) is 4.51. The summed E-state index contributed by atoms with van der Waals surface area (Å²) in [6, 6.07) is 7.83. The number of benzene rings is 1. The normalized spacial score (nSPS) is 16.5. The molecule has 3 rings (SSSR count). The summed E-state index contributed by atoms with van der Waals surface area (Å²) in [4.78, 5) is 14.2. The van der Waals surface area contributed by atoms with Gasteiger partial charge in [0.25, 0.3) is 0 Å². The molecule has 1 N–H and O–H groups in total. The molecule has 1 atom stereocenters. The highest BCUT2D eigenvalue weighted by Crippen LogP contribution is 2.22. The van der Waals surface area contributed by atoms with E-state index >= 15 is 0 Å². The van der Waals surface area contributed by atoms with Crippen LogP contribution in [0.5, 0.6) is 0 Å². The molecule has 0 unspecified atom stereocenters. The molecule has 2 aromatic rings. The van der Waals surface area contributed by atoms with Gasteiger partial charge in [-0.3, -0.25) is 4.79 Å². The summed E-state index contributed by atoms with van der Waals surface area (Å²) in [5.74, 6) is 0.630. The molecule has 1 saturated carbocycles. The van der Waals surface area contributed by atoms with E-state index in [1.165, 1.54) is 23.2 Å². The summed E-state index contributed by atoms with van der Waals surface area (Å²) >= 11 is 0. The number of carbonyl (C=O) groups excluding carboxylic acids is 1. The summed E-state index contributed by atoms with van der Waals surface area (Å²) in [7, 11) is 0. The molecule has 1 aliphatic rings. The quantitative estimate of drug-likeness (QED) is 0.916. The van der Waals surface area contributed by atoms with Crippen molar-refractivity contribution in [3.05, 3.63) is 29.8 Å². The van der Waals surface area contributed by atoms with Crippen molar-refractivity contribution in [2.75, 3.05) is 0 Å². The molecule has 128 valence electrons. The van der Waals surface area contributed by atoms with Gasteiger partial charge in [-0.2, -0.15) is 4.80 Å². The number of tetrazole rings is 1. The molecule has 1 amide bonds. The minimum atomic E-state index is -0.433. The number of aryl methyl sites for hydroxylation is 1. The van der Waals surface area contributed by atoms with Crippen molar-refractivity contribution in [2.45, 2.75) is 58.5 Å². The second-order valence-electron chi connectivity index (χ2n) is 6.98. The van der Waals surface area contributed by atoms with Crippen LogP contribution in [0.25, 0.3) is 11.4 Å². The Balaban J connectivity index is 1.78. The van der Waals surface area contributed by atoms with Crippen LogP contribution >= 0.6 is 0 Å². The molecule has 0 bridgehead atoms. The lowest BCUT2D eigenvalue weighted by molar-refractivity contribution is -0.127. The SMILES string of the molecule is Cc1ccc(-c2nnn([C@@H](C(=O)NC3CCCC3)C(C)C)n2)cc1. The van der Waals surface area contributed by atoms with Crippen LogP contribution in [0, 0.1) is 12.8 Å². The number of carbonyl (C=O) groups is 1. The average Bonchev–Trinajstić information content (AvgIpc) is 3.20. The van der Waals surface area contributed by atoms with Gasteiger partial charge in [-0.05, 0) is 30.9 Å². The van der Waals surface area contributed by atoms with Crippen LogP contribution in [0.2, 0.25) is 0 Å². The van der Waals surface area contributed by atoms with E-state index in [1.54, 1.807) is 0 Å². The molecule has 1 heterocycles. The molecule has 1 aromatic carbocycles. The predicted molar refractivity (Wildman–Crippen MR) is 92.3 cm³/mol. The van der Waals surface area contributed by atoms with Gasteiger partial charge in [-0.25, -0.2) is 0 Å². The van der Waals surface area contributed by atoms with Gasteiger partial charge in [0.2, 0.25) is 11.7 Å². The fraction of sp³-hybridized carbons (Fsp3) is 0.556. The number of amides is 1. The zero-order valence-electron chi connectivity index (χ0n) is 14.6. The van der Waals surface area contributed by atoms with E-state index in [4.69, 9.17) is 0 Å². The first-order valence-electron chi connectivity index (χ1n) is 8.71. The molecule has 1 aromatic heterocycles. The second kappa shape index (κ2) is 7.11. The van der Waals surface area contributed by atoms with Gasteiger partial charge in [0.1, 0.15) is 0 Å². The number of rotatable bonds is 5. The highest BCUT2D eigenvalue weighted by molar-refractivity contribution is 5.80. The summed E-state index contributed by atoms with van der Waals surface area (Å²) < 4.78 is 0. The van der Waals surface area contributed by atoms with Gasteiger partial charge in [-0.15, -0.1) is 10.2 Å². The molecule has 6 nitrogen and oxygen atoms in total. The van der Waals surface area contributed by atoms with Crippen molar-refractivity contribution in [1.29, 1.82) is 0 Å². The van der Waals surface area contributed by atoms with Crippen molar-refractivity contribution in [3.63, 3.8) is 0 Å². The fourth-order valence-corrected chi connectivity index (χ4v) is 3.19. The predicted octanol–water partition coefficient (Wildman–Crippen LogP) is 2.90. The zero-order valence-corrected chi connectivity index (χ0v) is 14.6. The van der Waals surface area contributed by atoms with Crippen molar-refractivity contribution in [1.82, 2.24) is 25.5 Å². The largest absolute Gasteiger partial charge is 0.351 e. The maximum absolute atomic E-state index is 12.7. The Bertz CT molecular complexity index is 686. The van der Waals surface area contributed by atoms with Gasteiger partial charge < -0.3 is 5.32 Å². The number of aromatic nitrogens is 4. The average molecular weight is 327 g/mol. The van der Waals surface area contributed by atoms with Gasteiger partial charge in [-0.1, -0.05) is 56.5 Å². The first kappa shape index (κ1) is 16.6. The summed E-state index contributed by atoms with van der Waals surface area (Å²) in [5.41, 5.74) is 2.09. The van der Waals surface area contributed by atoms with Crippen LogP contribution in [0.1, 0.15) is 51.1 Å². The van der Waals surface area contributed by atoms with E-state index in [0.29, 0.717) is 11.9 Å². The molecular weight excluding hydrogens is 302 g/mol. The molecule has 0 radical (unpaired) electrons. The van der Waals surface area contributed by atoms with E-state index in [9.17, 15) is 4.79 Å². The lowest BCUT2D eigenvalue weighted by atomic mass is 10.0. The smallest absolute Gasteiger partial charge is 0.247 e. The molecule has 1 fully saturated rings. The Labute approximate surface area is 142 Å². The zero-order chi connectivity index (χ0) is 17.1. The Hall–Kier alpha value is -2.24. The number of nitrogens with zero attached hydrogens (tertiary/aromatic N) is 4. The lowest BCUT2D eigenvalue weighted by Gasteiger charge is -2.21. The van der Waals surface area contributed by atoms with Crippen molar-refractivity contribution < 1.29 is 4.79 Å². The Morgan fingerprint density at radius 3 is 2.50 bits per heavy atom. The summed E-state index contributed by atoms with van der Waals surface area (Å²) in [6.45, 7) is 6.05. The van der Waals surface area contributed by atoms with Crippen LogP contribution in [0.3, 0.4) is 0 Å². The van der Waals surface area contributed by atoms with Gasteiger partial charge >= 0.3 is 0 Å². The van der Waals surface area contributed by atoms with E-state index in [0.717, 1.165) is 18.4 Å². The first-order chi connectivity index (χ1) is 11.5. The van der Waals surface area contributed by atoms with Crippen LogP contribution in [0.15, 0.2) is 24.3 Å². The highest BCUT2D eigenvalue weighted by Gasteiger charge is 2.29. The lowest BCUT2D eigenvalue weighted by Crippen LogP contribution is -2.41. The number of hydrogen-bond acceptors (Lipinski definition) is 4. The maximum Gasteiger partial charge on any atom is 0.247 e. The number of nitrogens with one attached hydrogen (secondary N) is 1. The van der Waals surface area contributed by atoms with Gasteiger partial charge in [0.15, 0.2) is 6.04 Å².